The predicted octanol–water partition coefficient (Wildman–Crippen LogP) is 3.46. The lowest BCUT2D eigenvalue weighted by Crippen LogP contribution is -2.18. The van der Waals surface area contributed by atoms with E-state index in [1.165, 1.54) is 36.8 Å². The van der Waals surface area contributed by atoms with E-state index in [0.29, 0.717) is 11.8 Å². The molecule has 2 heteroatoms. The zero-order chi connectivity index (χ0) is 11.9. The second-order valence-corrected chi connectivity index (χ2v) is 5.57. The maximum atomic E-state index is 11.0. The lowest BCUT2D eigenvalue weighted by molar-refractivity contribution is -0.137. The number of benzene rings is 1. The third-order valence-corrected chi connectivity index (χ3v) is 4.59. The molecule has 1 unspecified atom stereocenters. The van der Waals surface area contributed by atoms with Gasteiger partial charge in [-0.05, 0) is 41.7 Å². The van der Waals surface area contributed by atoms with Crippen molar-refractivity contribution >= 4 is 5.97 Å². The van der Waals surface area contributed by atoms with Gasteiger partial charge in [-0.1, -0.05) is 37.1 Å². The summed E-state index contributed by atoms with van der Waals surface area (Å²) in [5, 5.41) is 9.03. The monoisotopic (exact) mass is 230 g/mol. The highest BCUT2D eigenvalue weighted by molar-refractivity contribution is 5.68. The Kier molecular flexibility index (Phi) is 2.46. The molecule has 0 bridgehead atoms. The highest BCUT2D eigenvalue weighted by Gasteiger charge is 2.45. The van der Waals surface area contributed by atoms with Crippen LogP contribution in [0.4, 0.5) is 0 Å². The Morgan fingerprint density at radius 3 is 2.71 bits per heavy atom. The maximum absolute atomic E-state index is 11.0. The molecule has 0 amide bonds. The van der Waals surface area contributed by atoms with Gasteiger partial charge in [-0.2, -0.15) is 0 Å². The summed E-state index contributed by atoms with van der Waals surface area (Å²) in [5.41, 5.74) is 3.07. The molecular formula is C15H18O2. The third kappa shape index (κ3) is 1.67. The molecule has 1 saturated carbocycles. The van der Waals surface area contributed by atoms with Gasteiger partial charge in [-0.3, -0.25) is 4.79 Å². The zero-order valence-electron chi connectivity index (χ0n) is 9.98. The highest BCUT2D eigenvalue weighted by atomic mass is 16.4. The van der Waals surface area contributed by atoms with Gasteiger partial charge in [0.25, 0.3) is 0 Å². The van der Waals surface area contributed by atoms with Crippen molar-refractivity contribution in [3.8, 4) is 0 Å². The Balaban J connectivity index is 2.00. The van der Waals surface area contributed by atoms with Crippen LogP contribution in [0.3, 0.4) is 0 Å². The van der Waals surface area contributed by atoms with Crippen LogP contribution < -0.4 is 0 Å². The minimum absolute atomic E-state index is 0.238. The second-order valence-electron chi connectivity index (χ2n) is 5.57. The summed E-state index contributed by atoms with van der Waals surface area (Å²) in [7, 11) is 0. The van der Waals surface area contributed by atoms with Crippen molar-refractivity contribution in [1.82, 2.24) is 0 Å². The first-order valence-electron chi connectivity index (χ1n) is 6.52. The molecule has 90 valence electrons. The van der Waals surface area contributed by atoms with Crippen LogP contribution >= 0.6 is 0 Å². The smallest absolute Gasteiger partial charge is 0.303 e. The number of fused-ring (bicyclic) bond motifs is 2. The molecule has 0 heterocycles. The van der Waals surface area contributed by atoms with Gasteiger partial charge in [-0.25, -0.2) is 0 Å². The van der Waals surface area contributed by atoms with E-state index < -0.39 is 5.97 Å². The molecule has 2 aliphatic carbocycles. The van der Waals surface area contributed by atoms with E-state index in [-0.39, 0.29) is 5.92 Å². The molecule has 17 heavy (non-hydrogen) atoms. The average molecular weight is 230 g/mol. The van der Waals surface area contributed by atoms with Crippen LogP contribution in [-0.4, -0.2) is 11.1 Å². The van der Waals surface area contributed by atoms with E-state index >= 15 is 0 Å². The summed E-state index contributed by atoms with van der Waals surface area (Å²) >= 11 is 0. The quantitative estimate of drug-likeness (QED) is 0.844. The van der Waals surface area contributed by atoms with E-state index in [1.54, 1.807) is 0 Å². The topological polar surface area (TPSA) is 37.3 Å². The second kappa shape index (κ2) is 3.86. The standard InChI is InChI=1S/C15H18O2/c16-14(17)9-11-10-15(7-3-4-8-15)13-6-2-1-5-12(11)13/h1-2,5-6,11H,3-4,7-10H2,(H,16,17). The number of hydrogen-bond acceptors (Lipinski definition) is 1. The van der Waals surface area contributed by atoms with Gasteiger partial charge in [0.2, 0.25) is 0 Å². The predicted molar refractivity (Wildman–Crippen MR) is 66.2 cm³/mol. The number of carbonyl (C=O) groups is 1. The molecule has 0 radical (unpaired) electrons. The maximum Gasteiger partial charge on any atom is 0.303 e. The first kappa shape index (κ1) is 10.8. The molecule has 3 rings (SSSR count). The Hall–Kier alpha value is -1.31. The SMILES string of the molecule is O=C(O)CC1CC2(CCCC2)c2ccccc21. The highest BCUT2D eigenvalue weighted by Crippen LogP contribution is 2.55. The Bertz CT molecular complexity index is 444. The number of aliphatic carboxylic acids is 1. The van der Waals surface area contributed by atoms with E-state index in [2.05, 4.69) is 18.2 Å². The molecule has 2 aliphatic rings. The van der Waals surface area contributed by atoms with Gasteiger partial charge >= 0.3 is 5.97 Å². The van der Waals surface area contributed by atoms with Crippen molar-refractivity contribution in [2.45, 2.75) is 49.9 Å². The summed E-state index contributed by atoms with van der Waals surface area (Å²) in [5.74, 6) is -0.429. The molecule has 1 N–H and O–H groups in total. The average Bonchev–Trinajstić information content (AvgIpc) is 2.88. The Morgan fingerprint density at radius 2 is 2.00 bits per heavy atom. The lowest BCUT2D eigenvalue weighted by atomic mass is 9.79. The number of carboxylic acids is 1. The van der Waals surface area contributed by atoms with Crippen molar-refractivity contribution < 1.29 is 9.90 Å². The van der Waals surface area contributed by atoms with Crippen LogP contribution in [-0.2, 0) is 10.2 Å². The van der Waals surface area contributed by atoms with E-state index in [0.717, 1.165) is 6.42 Å². The molecule has 1 fully saturated rings. The van der Waals surface area contributed by atoms with Gasteiger partial charge in [0.05, 0.1) is 6.42 Å². The first-order valence-corrected chi connectivity index (χ1v) is 6.52. The van der Waals surface area contributed by atoms with Crippen LogP contribution in [0, 0.1) is 0 Å². The van der Waals surface area contributed by atoms with Crippen LogP contribution in [0.2, 0.25) is 0 Å². The van der Waals surface area contributed by atoms with E-state index in [9.17, 15) is 4.79 Å². The molecule has 0 saturated heterocycles. The van der Waals surface area contributed by atoms with E-state index in [1.807, 2.05) is 6.07 Å². The normalized spacial score (nSPS) is 25.1. The van der Waals surface area contributed by atoms with Gasteiger partial charge in [0, 0.05) is 0 Å². The first-order chi connectivity index (χ1) is 8.21. The van der Waals surface area contributed by atoms with Crippen LogP contribution in [0.25, 0.3) is 0 Å². The van der Waals surface area contributed by atoms with Crippen molar-refractivity contribution in [1.29, 1.82) is 0 Å². The molecule has 0 aliphatic heterocycles. The fraction of sp³-hybridized carbons (Fsp3) is 0.533. The molecule has 0 aromatic heterocycles. The van der Waals surface area contributed by atoms with Gasteiger partial charge in [0.15, 0.2) is 0 Å². The molecule has 1 aromatic carbocycles. The Labute approximate surface area is 102 Å². The zero-order valence-corrected chi connectivity index (χ0v) is 9.98. The van der Waals surface area contributed by atoms with Crippen LogP contribution in [0.15, 0.2) is 24.3 Å². The van der Waals surface area contributed by atoms with Crippen molar-refractivity contribution in [3.05, 3.63) is 35.4 Å². The fourth-order valence-corrected chi connectivity index (χ4v) is 3.95. The minimum atomic E-state index is -0.667. The molecule has 1 atom stereocenters. The molecule has 2 nitrogen and oxygen atoms in total. The van der Waals surface area contributed by atoms with Crippen LogP contribution in [0.5, 0.6) is 0 Å². The molecule has 1 spiro atoms. The Morgan fingerprint density at radius 1 is 1.29 bits per heavy atom. The summed E-state index contributed by atoms with van der Waals surface area (Å²) in [4.78, 5) is 11.0. The van der Waals surface area contributed by atoms with Gasteiger partial charge in [0.1, 0.15) is 0 Å². The van der Waals surface area contributed by atoms with Gasteiger partial charge in [-0.15, -0.1) is 0 Å². The minimum Gasteiger partial charge on any atom is -0.481 e. The van der Waals surface area contributed by atoms with E-state index in [4.69, 9.17) is 5.11 Å². The number of rotatable bonds is 2. The summed E-state index contributed by atoms with van der Waals surface area (Å²) in [6, 6.07) is 8.50. The molecule has 1 aromatic rings. The number of carboxylic acid groups (broad SMARTS) is 1. The van der Waals surface area contributed by atoms with Crippen molar-refractivity contribution in [3.63, 3.8) is 0 Å². The van der Waals surface area contributed by atoms with Gasteiger partial charge < -0.3 is 5.11 Å². The molecular weight excluding hydrogens is 212 g/mol. The largest absolute Gasteiger partial charge is 0.481 e. The van der Waals surface area contributed by atoms with Crippen molar-refractivity contribution in [2.75, 3.05) is 0 Å². The third-order valence-electron chi connectivity index (χ3n) is 4.59. The number of hydrogen-bond donors (Lipinski definition) is 1. The fourth-order valence-electron chi connectivity index (χ4n) is 3.95. The van der Waals surface area contributed by atoms with Crippen molar-refractivity contribution in [2.24, 2.45) is 0 Å². The summed E-state index contributed by atoms with van der Waals surface area (Å²) in [6.45, 7) is 0. The summed E-state index contributed by atoms with van der Waals surface area (Å²) in [6.07, 6.45) is 6.44. The lowest BCUT2D eigenvalue weighted by Gasteiger charge is -2.24. The summed E-state index contributed by atoms with van der Waals surface area (Å²) < 4.78 is 0. The van der Waals surface area contributed by atoms with Crippen LogP contribution in [0.1, 0.15) is 55.6 Å².